The van der Waals surface area contributed by atoms with E-state index in [1.165, 1.54) is 5.56 Å². The van der Waals surface area contributed by atoms with E-state index in [-0.39, 0.29) is 11.9 Å². The van der Waals surface area contributed by atoms with E-state index in [1.807, 2.05) is 49.4 Å². The summed E-state index contributed by atoms with van der Waals surface area (Å²) in [6, 6.07) is 17.7. The molecule has 1 heterocycles. The Hall–Kier alpha value is -2.42. The summed E-state index contributed by atoms with van der Waals surface area (Å²) in [5.41, 5.74) is 3.39. The summed E-state index contributed by atoms with van der Waals surface area (Å²) >= 11 is 0. The lowest BCUT2D eigenvalue weighted by Crippen LogP contribution is -2.18. The van der Waals surface area contributed by atoms with Crippen LogP contribution in [0.4, 0.5) is 0 Å². The molecule has 3 heteroatoms. The maximum absolute atomic E-state index is 12.5. The molecule has 1 atom stereocenters. The number of hydrogen-bond donors (Lipinski definition) is 0. The van der Waals surface area contributed by atoms with Crippen LogP contribution in [0.25, 0.3) is 0 Å². The van der Waals surface area contributed by atoms with Gasteiger partial charge >= 0.3 is 0 Å². The van der Waals surface area contributed by atoms with Crippen LogP contribution < -0.4 is 0 Å². The largest absolute Gasteiger partial charge is 0.391 e. The first-order valence-electron chi connectivity index (χ1n) is 7.11. The number of carbonyl (C=O) groups is 1. The van der Waals surface area contributed by atoms with Crippen molar-refractivity contribution in [3.63, 3.8) is 0 Å². The summed E-state index contributed by atoms with van der Waals surface area (Å²) < 4.78 is 0. The molecule has 0 amide bonds. The zero-order valence-electron chi connectivity index (χ0n) is 12.0. The average molecular weight is 279 g/mol. The van der Waals surface area contributed by atoms with Crippen LogP contribution in [0.5, 0.6) is 0 Å². The highest BCUT2D eigenvalue weighted by molar-refractivity contribution is 6.46. The zero-order valence-corrected chi connectivity index (χ0v) is 12.0. The van der Waals surface area contributed by atoms with Crippen LogP contribution in [-0.4, -0.2) is 17.6 Å². The first kappa shape index (κ1) is 13.6. The lowest BCUT2D eigenvalue weighted by atomic mass is 9.97. The number of ketones is 1. The quantitative estimate of drug-likeness (QED) is 0.803. The molecular formula is C18H17NO2. The van der Waals surface area contributed by atoms with Gasteiger partial charge in [0.05, 0.1) is 0 Å². The Morgan fingerprint density at radius 3 is 2.62 bits per heavy atom. The minimum absolute atomic E-state index is 0.0244. The number of aryl methyl sites for hydroxylation is 1. The van der Waals surface area contributed by atoms with Gasteiger partial charge in [-0.05, 0) is 18.1 Å². The number of oxime groups is 1. The highest BCUT2D eigenvalue weighted by atomic mass is 16.6. The molecule has 21 heavy (non-hydrogen) atoms. The van der Waals surface area contributed by atoms with Gasteiger partial charge in [0.15, 0.2) is 0 Å². The first-order valence-corrected chi connectivity index (χ1v) is 7.11. The standard InChI is InChI=1S/C18H17NO2/c1-13-7-5-6-10-16(13)18(20)17-12-15(21-19-17)11-14-8-3-2-4-9-14/h2-10,15H,11-12H2,1H3. The third-order valence-corrected chi connectivity index (χ3v) is 3.69. The van der Waals surface area contributed by atoms with Gasteiger partial charge in [-0.25, -0.2) is 0 Å². The molecular weight excluding hydrogens is 262 g/mol. The second kappa shape index (κ2) is 5.92. The molecule has 1 unspecified atom stereocenters. The van der Waals surface area contributed by atoms with Gasteiger partial charge in [0.2, 0.25) is 5.78 Å². The summed E-state index contributed by atoms with van der Waals surface area (Å²) in [6.07, 6.45) is 1.30. The number of rotatable bonds is 4. The van der Waals surface area contributed by atoms with Crippen LogP contribution >= 0.6 is 0 Å². The number of carbonyl (C=O) groups excluding carboxylic acids is 1. The molecule has 0 radical (unpaired) electrons. The maximum Gasteiger partial charge on any atom is 0.210 e. The summed E-state index contributed by atoms with van der Waals surface area (Å²) in [5.74, 6) is -0.0244. The van der Waals surface area contributed by atoms with Gasteiger partial charge in [-0.1, -0.05) is 59.8 Å². The average Bonchev–Trinajstić information content (AvgIpc) is 2.97. The highest BCUT2D eigenvalue weighted by Gasteiger charge is 2.27. The second-order valence-electron chi connectivity index (χ2n) is 5.30. The van der Waals surface area contributed by atoms with Crippen LogP contribution in [-0.2, 0) is 11.3 Å². The van der Waals surface area contributed by atoms with Crippen molar-refractivity contribution in [1.82, 2.24) is 0 Å². The molecule has 3 rings (SSSR count). The lowest BCUT2D eigenvalue weighted by molar-refractivity contribution is 0.0858. The predicted octanol–water partition coefficient (Wildman–Crippen LogP) is 3.57. The zero-order chi connectivity index (χ0) is 14.7. The van der Waals surface area contributed by atoms with Gasteiger partial charge in [0.1, 0.15) is 11.8 Å². The van der Waals surface area contributed by atoms with Crippen molar-refractivity contribution < 1.29 is 9.63 Å². The summed E-state index contributed by atoms with van der Waals surface area (Å²) in [5, 5.41) is 4.00. The number of Topliss-reactive ketones (excluding diaryl/α,β-unsaturated/α-hetero) is 1. The molecule has 1 aliphatic heterocycles. The van der Waals surface area contributed by atoms with E-state index in [4.69, 9.17) is 4.84 Å². The van der Waals surface area contributed by atoms with Crippen molar-refractivity contribution in [2.45, 2.75) is 25.9 Å². The monoisotopic (exact) mass is 279 g/mol. The maximum atomic E-state index is 12.5. The SMILES string of the molecule is Cc1ccccc1C(=O)C1=NOC(Cc2ccccc2)C1. The molecule has 0 aromatic heterocycles. The molecule has 2 aromatic rings. The van der Waals surface area contributed by atoms with E-state index in [0.717, 1.165) is 12.0 Å². The Labute approximate surface area is 124 Å². The van der Waals surface area contributed by atoms with Gasteiger partial charge < -0.3 is 4.84 Å². The van der Waals surface area contributed by atoms with Gasteiger partial charge in [-0.3, -0.25) is 4.79 Å². The molecule has 3 nitrogen and oxygen atoms in total. The van der Waals surface area contributed by atoms with Crippen LogP contribution in [0.2, 0.25) is 0 Å². The Kier molecular flexibility index (Phi) is 3.82. The minimum Gasteiger partial charge on any atom is -0.391 e. The van der Waals surface area contributed by atoms with Gasteiger partial charge in [0.25, 0.3) is 0 Å². The number of nitrogens with zero attached hydrogens (tertiary/aromatic N) is 1. The van der Waals surface area contributed by atoms with E-state index in [0.29, 0.717) is 17.7 Å². The Morgan fingerprint density at radius 1 is 1.14 bits per heavy atom. The number of benzene rings is 2. The Balaban J connectivity index is 1.67. The van der Waals surface area contributed by atoms with Gasteiger partial charge in [-0.2, -0.15) is 0 Å². The van der Waals surface area contributed by atoms with E-state index in [9.17, 15) is 4.79 Å². The van der Waals surface area contributed by atoms with Crippen LogP contribution in [0.15, 0.2) is 59.8 Å². The summed E-state index contributed by atoms with van der Waals surface area (Å²) in [4.78, 5) is 17.9. The molecule has 0 fully saturated rings. The summed E-state index contributed by atoms with van der Waals surface area (Å²) in [6.45, 7) is 1.94. The normalized spacial score (nSPS) is 17.2. The highest BCUT2D eigenvalue weighted by Crippen LogP contribution is 2.19. The van der Waals surface area contributed by atoms with Crippen molar-refractivity contribution in [2.75, 3.05) is 0 Å². The number of hydrogen-bond acceptors (Lipinski definition) is 3. The second-order valence-corrected chi connectivity index (χ2v) is 5.30. The van der Waals surface area contributed by atoms with Gasteiger partial charge in [0, 0.05) is 18.4 Å². The third kappa shape index (κ3) is 3.02. The summed E-state index contributed by atoms with van der Waals surface area (Å²) in [7, 11) is 0. The van der Waals surface area contributed by atoms with Crippen molar-refractivity contribution in [3.8, 4) is 0 Å². The van der Waals surface area contributed by atoms with E-state index >= 15 is 0 Å². The fourth-order valence-corrected chi connectivity index (χ4v) is 2.53. The van der Waals surface area contributed by atoms with Crippen LogP contribution in [0.1, 0.15) is 27.9 Å². The lowest BCUT2D eigenvalue weighted by Gasteiger charge is -2.07. The molecule has 0 bridgehead atoms. The topological polar surface area (TPSA) is 38.7 Å². The molecule has 0 saturated carbocycles. The van der Waals surface area contributed by atoms with E-state index < -0.39 is 0 Å². The Bertz CT molecular complexity index is 677. The van der Waals surface area contributed by atoms with Crippen LogP contribution in [0.3, 0.4) is 0 Å². The molecule has 0 aliphatic carbocycles. The smallest absolute Gasteiger partial charge is 0.210 e. The van der Waals surface area contributed by atoms with E-state index in [2.05, 4.69) is 17.3 Å². The predicted molar refractivity (Wildman–Crippen MR) is 82.6 cm³/mol. The molecule has 0 saturated heterocycles. The van der Waals surface area contributed by atoms with Gasteiger partial charge in [-0.15, -0.1) is 0 Å². The van der Waals surface area contributed by atoms with Crippen molar-refractivity contribution in [2.24, 2.45) is 5.16 Å². The van der Waals surface area contributed by atoms with Crippen LogP contribution in [0, 0.1) is 6.92 Å². The molecule has 2 aromatic carbocycles. The molecule has 1 aliphatic rings. The fraction of sp³-hybridized carbons (Fsp3) is 0.222. The molecule has 0 spiro atoms. The molecule has 106 valence electrons. The van der Waals surface area contributed by atoms with Crippen molar-refractivity contribution in [3.05, 3.63) is 71.3 Å². The van der Waals surface area contributed by atoms with E-state index in [1.54, 1.807) is 0 Å². The minimum atomic E-state index is -0.0460. The fourth-order valence-electron chi connectivity index (χ4n) is 2.53. The Morgan fingerprint density at radius 2 is 1.86 bits per heavy atom. The van der Waals surface area contributed by atoms with Crippen molar-refractivity contribution in [1.29, 1.82) is 0 Å². The first-order chi connectivity index (χ1) is 10.2. The third-order valence-electron chi connectivity index (χ3n) is 3.69. The molecule has 0 N–H and O–H groups in total. The van der Waals surface area contributed by atoms with Crippen molar-refractivity contribution >= 4 is 11.5 Å².